The molecule has 0 bridgehead atoms. The van der Waals surface area contributed by atoms with Crippen molar-refractivity contribution in [1.29, 1.82) is 0 Å². The average Bonchev–Trinajstić information content (AvgIpc) is 2.80. The first-order valence-corrected chi connectivity index (χ1v) is 6.96. The molecule has 1 heterocycles. The zero-order valence-corrected chi connectivity index (χ0v) is 11.5. The highest BCUT2D eigenvalue weighted by Gasteiger charge is 2.16. The van der Waals surface area contributed by atoms with Crippen molar-refractivity contribution in [2.45, 2.75) is 37.8 Å². The molecule has 2 rings (SSSR count). The fraction of sp³-hybridized carbons (Fsp3) is 0.538. The fourth-order valence-corrected chi connectivity index (χ4v) is 2.47. The second kappa shape index (κ2) is 5.98. The highest BCUT2D eigenvalue weighted by atomic mass is 127. The van der Waals surface area contributed by atoms with Gasteiger partial charge in [-0.05, 0) is 66.0 Å². The maximum Gasteiger partial charge on any atom is 0.0576 e. The van der Waals surface area contributed by atoms with Gasteiger partial charge in [0.15, 0.2) is 0 Å². The Labute approximate surface area is 111 Å². The smallest absolute Gasteiger partial charge is 0.0576 e. The summed E-state index contributed by atoms with van der Waals surface area (Å²) in [5, 5.41) is 0. The van der Waals surface area contributed by atoms with Crippen LogP contribution in [-0.4, -0.2) is 12.7 Å². The predicted molar refractivity (Wildman–Crippen MR) is 74.3 cm³/mol. The summed E-state index contributed by atoms with van der Waals surface area (Å²) in [5.41, 5.74) is 7.40. The molecular formula is C13H18INO. The third-order valence-electron chi connectivity index (χ3n) is 3.12. The third-order valence-corrected chi connectivity index (χ3v) is 3.84. The number of rotatable bonds is 4. The van der Waals surface area contributed by atoms with Crippen LogP contribution in [0.1, 0.15) is 37.3 Å². The molecule has 1 fully saturated rings. The molecule has 2 atom stereocenters. The summed E-state index contributed by atoms with van der Waals surface area (Å²) in [6.07, 6.45) is 4.98. The summed E-state index contributed by atoms with van der Waals surface area (Å²) in [7, 11) is 0. The Morgan fingerprint density at radius 3 is 2.75 bits per heavy atom. The van der Waals surface area contributed by atoms with Gasteiger partial charge in [-0.15, -0.1) is 0 Å². The van der Waals surface area contributed by atoms with E-state index in [4.69, 9.17) is 10.5 Å². The van der Waals surface area contributed by atoms with Crippen molar-refractivity contribution in [1.82, 2.24) is 0 Å². The van der Waals surface area contributed by atoms with Gasteiger partial charge in [0.2, 0.25) is 0 Å². The van der Waals surface area contributed by atoms with Crippen LogP contribution in [0.5, 0.6) is 0 Å². The van der Waals surface area contributed by atoms with Crippen LogP contribution in [0.2, 0.25) is 0 Å². The SMILES string of the molecule is NC(CCC1CCCO1)c1ccc(I)cc1. The Balaban J connectivity index is 1.82. The molecule has 0 radical (unpaired) electrons. The van der Waals surface area contributed by atoms with Crippen molar-refractivity contribution in [2.24, 2.45) is 5.73 Å². The van der Waals surface area contributed by atoms with Crippen molar-refractivity contribution in [2.75, 3.05) is 6.61 Å². The van der Waals surface area contributed by atoms with Gasteiger partial charge in [0.1, 0.15) is 0 Å². The number of benzene rings is 1. The van der Waals surface area contributed by atoms with Gasteiger partial charge in [-0.1, -0.05) is 12.1 Å². The molecule has 0 aromatic heterocycles. The normalized spacial score (nSPS) is 22.2. The van der Waals surface area contributed by atoms with Crippen LogP contribution in [0.4, 0.5) is 0 Å². The standard InChI is InChI=1S/C13H18INO/c14-11-5-3-10(4-6-11)13(15)8-7-12-2-1-9-16-12/h3-6,12-13H,1-2,7-9,15H2. The van der Waals surface area contributed by atoms with Crippen LogP contribution < -0.4 is 5.73 Å². The number of ether oxygens (including phenoxy) is 1. The summed E-state index contributed by atoms with van der Waals surface area (Å²) in [5.74, 6) is 0. The molecule has 0 amide bonds. The minimum absolute atomic E-state index is 0.154. The van der Waals surface area contributed by atoms with Crippen LogP contribution in [0.3, 0.4) is 0 Å². The highest BCUT2D eigenvalue weighted by Crippen LogP contribution is 2.22. The van der Waals surface area contributed by atoms with Crippen molar-refractivity contribution in [3.05, 3.63) is 33.4 Å². The van der Waals surface area contributed by atoms with Gasteiger partial charge in [-0.2, -0.15) is 0 Å². The molecule has 1 aliphatic heterocycles. The lowest BCUT2D eigenvalue weighted by atomic mass is 10.0. The Morgan fingerprint density at radius 1 is 1.38 bits per heavy atom. The first-order valence-electron chi connectivity index (χ1n) is 5.88. The third kappa shape index (κ3) is 3.43. The van der Waals surface area contributed by atoms with Crippen molar-refractivity contribution < 1.29 is 4.74 Å². The van der Waals surface area contributed by atoms with E-state index in [-0.39, 0.29) is 6.04 Å². The lowest BCUT2D eigenvalue weighted by Crippen LogP contribution is -2.14. The van der Waals surface area contributed by atoms with Crippen LogP contribution in [-0.2, 0) is 4.74 Å². The Morgan fingerprint density at radius 2 is 2.12 bits per heavy atom. The molecule has 2 nitrogen and oxygen atoms in total. The first-order chi connectivity index (χ1) is 7.75. The summed E-state index contributed by atoms with van der Waals surface area (Å²) in [4.78, 5) is 0. The van der Waals surface area contributed by atoms with E-state index < -0.39 is 0 Å². The molecule has 16 heavy (non-hydrogen) atoms. The summed E-state index contributed by atoms with van der Waals surface area (Å²) in [6, 6.07) is 8.63. The average molecular weight is 331 g/mol. The van der Waals surface area contributed by atoms with E-state index in [0.717, 1.165) is 19.4 Å². The van der Waals surface area contributed by atoms with Gasteiger partial charge in [0, 0.05) is 16.2 Å². The number of halogens is 1. The van der Waals surface area contributed by atoms with Gasteiger partial charge >= 0.3 is 0 Å². The quantitative estimate of drug-likeness (QED) is 0.860. The van der Waals surface area contributed by atoms with Crippen LogP contribution in [0, 0.1) is 3.57 Å². The molecule has 3 heteroatoms. The molecule has 0 saturated carbocycles. The van der Waals surface area contributed by atoms with E-state index in [1.165, 1.54) is 22.0 Å². The second-order valence-corrected chi connectivity index (χ2v) is 5.62. The number of hydrogen-bond donors (Lipinski definition) is 1. The molecule has 1 aromatic carbocycles. The lowest BCUT2D eigenvalue weighted by molar-refractivity contribution is 0.101. The largest absolute Gasteiger partial charge is 0.378 e. The van der Waals surface area contributed by atoms with E-state index in [1.54, 1.807) is 0 Å². The lowest BCUT2D eigenvalue weighted by Gasteiger charge is -2.15. The maximum absolute atomic E-state index is 6.17. The zero-order valence-electron chi connectivity index (χ0n) is 9.36. The topological polar surface area (TPSA) is 35.2 Å². The molecule has 0 aliphatic carbocycles. The van der Waals surface area contributed by atoms with Crippen molar-refractivity contribution in [3.8, 4) is 0 Å². The van der Waals surface area contributed by atoms with E-state index in [2.05, 4.69) is 46.9 Å². The Hall–Kier alpha value is -0.130. The molecule has 0 spiro atoms. The van der Waals surface area contributed by atoms with Gasteiger partial charge < -0.3 is 10.5 Å². The monoisotopic (exact) mass is 331 g/mol. The number of nitrogens with two attached hydrogens (primary N) is 1. The van der Waals surface area contributed by atoms with Gasteiger partial charge in [0.05, 0.1) is 6.10 Å². The van der Waals surface area contributed by atoms with Gasteiger partial charge in [-0.3, -0.25) is 0 Å². The fourth-order valence-electron chi connectivity index (χ4n) is 2.11. The van der Waals surface area contributed by atoms with E-state index in [1.807, 2.05) is 0 Å². The molecule has 2 unspecified atom stereocenters. The van der Waals surface area contributed by atoms with Crippen molar-refractivity contribution >= 4 is 22.6 Å². The zero-order chi connectivity index (χ0) is 11.4. The second-order valence-electron chi connectivity index (χ2n) is 4.37. The Kier molecular flexibility index (Phi) is 4.61. The van der Waals surface area contributed by atoms with E-state index in [0.29, 0.717) is 6.10 Å². The maximum atomic E-state index is 6.17. The van der Waals surface area contributed by atoms with Crippen LogP contribution >= 0.6 is 22.6 Å². The molecule has 1 aliphatic rings. The first kappa shape index (κ1) is 12.3. The van der Waals surface area contributed by atoms with Crippen LogP contribution in [0.25, 0.3) is 0 Å². The van der Waals surface area contributed by atoms with Gasteiger partial charge in [0.25, 0.3) is 0 Å². The molecule has 1 saturated heterocycles. The Bertz CT molecular complexity index is 319. The highest BCUT2D eigenvalue weighted by molar-refractivity contribution is 14.1. The van der Waals surface area contributed by atoms with Gasteiger partial charge in [-0.25, -0.2) is 0 Å². The van der Waals surface area contributed by atoms with E-state index >= 15 is 0 Å². The van der Waals surface area contributed by atoms with E-state index in [9.17, 15) is 0 Å². The molecular weight excluding hydrogens is 313 g/mol. The predicted octanol–water partition coefficient (Wildman–Crippen LogP) is 3.25. The minimum Gasteiger partial charge on any atom is -0.378 e. The molecule has 88 valence electrons. The van der Waals surface area contributed by atoms with Crippen molar-refractivity contribution in [3.63, 3.8) is 0 Å². The summed E-state index contributed by atoms with van der Waals surface area (Å²) >= 11 is 2.31. The van der Waals surface area contributed by atoms with Crippen LogP contribution in [0.15, 0.2) is 24.3 Å². The molecule has 2 N–H and O–H groups in total. The minimum atomic E-state index is 0.154. The number of hydrogen-bond acceptors (Lipinski definition) is 2. The molecule has 1 aromatic rings. The summed E-state index contributed by atoms with van der Waals surface area (Å²) < 4.78 is 6.86. The summed E-state index contributed by atoms with van der Waals surface area (Å²) in [6.45, 7) is 0.934.